The Morgan fingerprint density at radius 3 is 2.07 bits per heavy atom. The highest BCUT2D eigenvalue weighted by Crippen LogP contribution is 2.39. The van der Waals surface area contributed by atoms with Gasteiger partial charge in [0.1, 0.15) is 21.3 Å². The van der Waals surface area contributed by atoms with Crippen LogP contribution < -0.4 is 0 Å². The quantitative estimate of drug-likeness (QED) is 0.130. The second-order valence-electron chi connectivity index (χ2n) is 10.9. The maximum Gasteiger partial charge on any atom is 0.453 e. The molecule has 0 spiro atoms. The molecular formula is C30H39F5N2O4S. The second-order valence-corrected chi connectivity index (χ2v) is 13.2. The zero-order chi connectivity index (χ0) is 31.1. The summed E-state index contributed by atoms with van der Waals surface area (Å²) in [6.07, 6.45) is -3.90. The van der Waals surface area contributed by atoms with E-state index in [2.05, 4.69) is 4.57 Å². The summed E-state index contributed by atoms with van der Waals surface area (Å²) in [5.74, 6) is -5.42. The number of sulfone groups is 1. The van der Waals surface area contributed by atoms with E-state index in [4.69, 9.17) is 0 Å². The van der Waals surface area contributed by atoms with Crippen LogP contribution >= 0.6 is 0 Å². The molecule has 0 atom stereocenters. The average molecular weight is 619 g/mol. The first-order chi connectivity index (χ1) is 19.6. The Hall–Kier alpha value is -2.86. The Morgan fingerprint density at radius 2 is 1.40 bits per heavy atom. The molecule has 3 aromatic rings. The Morgan fingerprint density at radius 1 is 0.810 bits per heavy atom. The normalized spacial score (nSPS) is 13.0. The van der Waals surface area contributed by atoms with E-state index in [1.165, 1.54) is 0 Å². The van der Waals surface area contributed by atoms with Crippen LogP contribution in [0.15, 0.2) is 42.5 Å². The topological polar surface area (TPSA) is 82.8 Å². The van der Waals surface area contributed by atoms with Crippen molar-refractivity contribution in [1.29, 1.82) is 0 Å². The number of aromatic hydroxyl groups is 2. The van der Waals surface area contributed by atoms with Crippen molar-refractivity contribution in [3.8, 4) is 22.8 Å². The lowest BCUT2D eigenvalue weighted by Crippen LogP contribution is -2.36. The van der Waals surface area contributed by atoms with Gasteiger partial charge in [0, 0.05) is 23.9 Å². The third-order valence-corrected chi connectivity index (χ3v) is 9.29. The van der Waals surface area contributed by atoms with E-state index in [1.807, 2.05) is 37.1 Å². The molecule has 0 aliphatic rings. The number of nitrogens with zero attached hydrogens (tertiary/aromatic N) is 2. The number of phenolic OH excluding ortho intramolecular Hbond substituents is 2. The lowest BCUT2D eigenvalue weighted by Gasteiger charge is -2.19. The number of fused-ring (bicyclic) bond motifs is 1. The molecule has 0 aliphatic carbocycles. The standard InChI is InChI=1S/C30H39F5N2O4S/c1-22-26-21-25(39)13-14-27(26)37(28(22)23-9-11-24(38)12-10-23)18-6-4-3-5-16-36(2)17-8-20-42(40,41)19-7-15-29(31,32)30(33,34)35/h9-14,21,38-39H,3-8,15-20H2,1-2H3. The minimum absolute atomic E-state index is 0.190. The van der Waals surface area contributed by atoms with Gasteiger partial charge in [0.05, 0.1) is 17.2 Å². The number of hydrogen-bond acceptors (Lipinski definition) is 5. The fourth-order valence-electron chi connectivity index (χ4n) is 5.16. The fraction of sp³-hybridized carbons (Fsp3) is 0.533. The third-order valence-electron chi connectivity index (χ3n) is 7.47. The molecule has 0 bridgehead atoms. The number of halogens is 5. The summed E-state index contributed by atoms with van der Waals surface area (Å²) in [7, 11) is -1.84. The Kier molecular flexibility index (Phi) is 11.3. The largest absolute Gasteiger partial charge is 0.508 e. The average Bonchev–Trinajstić information content (AvgIpc) is 3.16. The maximum absolute atomic E-state index is 13.0. The Balaban J connectivity index is 1.41. The van der Waals surface area contributed by atoms with Crippen molar-refractivity contribution in [2.24, 2.45) is 0 Å². The smallest absolute Gasteiger partial charge is 0.453 e. The summed E-state index contributed by atoms with van der Waals surface area (Å²) in [6, 6.07) is 12.4. The van der Waals surface area contributed by atoms with E-state index in [1.54, 1.807) is 24.3 Å². The van der Waals surface area contributed by atoms with Gasteiger partial charge >= 0.3 is 12.1 Å². The molecule has 0 saturated heterocycles. The molecule has 2 aromatic carbocycles. The van der Waals surface area contributed by atoms with Gasteiger partial charge in [-0.2, -0.15) is 22.0 Å². The number of hydrogen-bond donors (Lipinski definition) is 2. The van der Waals surface area contributed by atoms with Crippen molar-refractivity contribution < 1.29 is 40.6 Å². The van der Waals surface area contributed by atoms with Gasteiger partial charge in [0.2, 0.25) is 0 Å². The van der Waals surface area contributed by atoms with Gasteiger partial charge in [-0.25, -0.2) is 8.42 Å². The first-order valence-corrected chi connectivity index (χ1v) is 15.9. The Labute approximate surface area is 243 Å². The molecule has 0 radical (unpaired) electrons. The summed E-state index contributed by atoms with van der Waals surface area (Å²) in [5.41, 5.74) is 4.09. The minimum atomic E-state index is -5.67. The van der Waals surface area contributed by atoms with Crippen LogP contribution in [-0.4, -0.2) is 71.8 Å². The van der Waals surface area contributed by atoms with Crippen molar-refractivity contribution >= 4 is 20.7 Å². The molecule has 0 fully saturated rings. The first kappa shape index (κ1) is 33.6. The van der Waals surface area contributed by atoms with E-state index in [9.17, 15) is 40.6 Å². The molecule has 0 amide bonds. The fourth-order valence-corrected chi connectivity index (χ4v) is 6.52. The van der Waals surface area contributed by atoms with E-state index in [0.29, 0.717) is 6.54 Å². The van der Waals surface area contributed by atoms with E-state index >= 15 is 0 Å². The molecule has 2 N–H and O–H groups in total. The molecule has 1 heterocycles. The monoisotopic (exact) mass is 618 g/mol. The van der Waals surface area contributed by atoms with Crippen LogP contribution in [0.5, 0.6) is 11.5 Å². The van der Waals surface area contributed by atoms with E-state index in [0.717, 1.165) is 66.5 Å². The van der Waals surface area contributed by atoms with Crippen LogP contribution in [0.3, 0.4) is 0 Å². The zero-order valence-corrected chi connectivity index (χ0v) is 24.7. The van der Waals surface area contributed by atoms with Crippen LogP contribution in [0, 0.1) is 6.92 Å². The van der Waals surface area contributed by atoms with Gasteiger partial charge < -0.3 is 19.7 Å². The molecule has 42 heavy (non-hydrogen) atoms. The summed E-state index contributed by atoms with van der Waals surface area (Å²) < 4.78 is 89.0. The van der Waals surface area contributed by atoms with E-state index < -0.39 is 40.5 Å². The van der Waals surface area contributed by atoms with Crippen LogP contribution in [0.1, 0.15) is 50.5 Å². The molecule has 6 nitrogen and oxygen atoms in total. The number of aryl methyl sites for hydroxylation is 2. The predicted octanol–water partition coefficient (Wildman–Crippen LogP) is 7.30. The predicted molar refractivity (Wildman–Crippen MR) is 155 cm³/mol. The number of benzene rings is 2. The van der Waals surface area contributed by atoms with Gasteiger partial charge in [-0.1, -0.05) is 12.8 Å². The summed E-state index contributed by atoms with van der Waals surface area (Å²) >= 11 is 0. The third kappa shape index (κ3) is 9.07. The second kappa shape index (κ2) is 14.1. The first-order valence-electron chi connectivity index (χ1n) is 14.1. The Bertz CT molecular complexity index is 1420. The van der Waals surface area contributed by atoms with Crippen LogP contribution in [0.4, 0.5) is 22.0 Å². The molecule has 1 aromatic heterocycles. The van der Waals surface area contributed by atoms with E-state index in [-0.39, 0.29) is 23.7 Å². The maximum atomic E-state index is 13.0. The van der Waals surface area contributed by atoms with Crippen molar-refractivity contribution in [2.75, 3.05) is 31.6 Å². The molecule has 12 heteroatoms. The SMILES string of the molecule is Cc1c(-c2ccc(O)cc2)n(CCCCCCN(C)CCCS(=O)(=O)CCCC(F)(F)C(F)(F)F)c2ccc(O)cc12. The lowest BCUT2D eigenvalue weighted by molar-refractivity contribution is -0.284. The molecule has 0 unspecified atom stereocenters. The summed E-state index contributed by atoms with van der Waals surface area (Å²) in [5, 5.41) is 20.7. The number of alkyl halides is 5. The highest BCUT2D eigenvalue weighted by atomic mass is 32.2. The van der Waals surface area contributed by atoms with Crippen molar-refractivity contribution in [3.05, 3.63) is 48.0 Å². The number of rotatable bonds is 16. The summed E-state index contributed by atoms with van der Waals surface area (Å²) in [6.45, 7) is 4.03. The zero-order valence-electron chi connectivity index (χ0n) is 23.9. The molecule has 234 valence electrons. The van der Waals surface area contributed by atoms with Crippen LogP contribution in [0.25, 0.3) is 22.2 Å². The van der Waals surface area contributed by atoms with Crippen molar-refractivity contribution in [2.45, 2.75) is 70.5 Å². The van der Waals surface area contributed by atoms with Gasteiger partial charge in [-0.15, -0.1) is 0 Å². The highest BCUT2D eigenvalue weighted by Gasteiger charge is 2.56. The highest BCUT2D eigenvalue weighted by molar-refractivity contribution is 7.91. The molecular weight excluding hydrogens is 579 g/mol. The van der Waals surface area contributed by atoms with Crippen LogP contribution in [0.2, 0.25) is 0 Å². The number of unbranched alkanes of at least 4 members (excludes halogenated alkanes) is 3. The van der Waals surface area contributed by atoms with Gasteiger partial charge in [0.15, 0.2) is 0 Å². The van der Waals surface area contributed by atoms with Gasteiger partial charge in [0.25, 0.3) is 0 Å². The summed E-state index contributed by atoms with van der Waals surface area (Å²) in [4.78, 5) is 1.99. The number of phenols is 2. The van der Waals surface area contributed by atoms with Gasteiger partial charge in [-0.3, -0.25) is 0 Å². The van der Waals surface area contributed by atoms with Crippen molar-refractivity contribution in [3.63, 3.8) is 0 Å². The van der Waals surface area contributed by atoms with Crippen LogP contribution in [-0.2, 0) is 16.4 Å². The van der Waals surface area contributed by atoms with Crippen molar-refractivity contribution in [1.82, 2.24) is 9.47 Å². The molecule has 0 aliphatic heterocycles. The number of aromatic nitrogens is 1. The molecule has 0 saturated carbocycles. The van der Waals surface area contributed by atoms with Gasteiger partial charge in [-0.05, 0) is 106 Å². The lowest BCUT2D eigenvalue weighted by atomic mass is 10.1. The minimum Gasteiger partial charge on any atom is -0.508 e. The molecule has 3 rings (SSSR count).